The Morgan fingerprint density at radius 2 is 1.81 bits per heavy atom. The van der Waals surface area contributed by atoms with Crippen LogP contribution in [-0.4, -0.2) is 54.1 Å². The molecule has 2 rings (SSSR count). The number of nitrogens with zero attached hydrogens (tertiary/aromatic N) is 1. The van der Waals surface area contributed by atoms with Crippen LogP contribution in [0.5, 0.6) is 0 Å². The van der Waals surface area contributed by atoms with E-state index >= 15 is 0 Å². The van der Waals surface area contributed by atoms with E-state index in [2.05, 4.69) is 26.6 Å². The second-order valence-electron chi connectivity index (χ2n) is 7.47. The van der Waals surface area contributed by atoms with Crippen LogP contribution in [0.4, 0.5) is 4.79 Å². The summed E-state index contributed by atoms with van der Waals surface area (Å²) in [6, 6.07) is 7.33. The number of rotatable bonds is 4. The average molecular weight is 440 g/mol. The Morgan fingerprint density at radius 1 is 1.19 bits per heavy atom. The molecule has 1 heterocycles. The van der Waals surface area contributed by atoms with Gasteiger partial charge in [-0.15, -0.1) is 0 Å². The van der Waals surface area contributed by atoms with Crippen molar-refractivity contribution in [2.45, 2.75) is 45.3 Å². The molecule has 0 bridgehead atoms. The molecule has 0 atom stereocenters. The number of nitrogens with one attached hydrogen (secondary N) is 2. The molecular weight excluding hydrogens is 414 g/mol. The molecule has 27 heavy (non-hydrogen) atoms. The molecule has 0 unspecified atom stereocenters. The lowest BCUT2D eigenvalue weighted by atomic mass is 10.0. The van der Waals surface area contributed by atoms with Crippen molar-refractivity contribution in [2.75, 3.05) is 19.6 Å². The SMILES string of the molecule is CC(C)(C)OC(=O)NCC(=O)NC1CCN(C(=O)c2ccccc2Br)CC1. The number of amides is 3. The van der Waals surface area contributed by atoms with Gasteiger partial charge in [0.05, 0.1) is 5.56 Å². The van der Waals surface area contributed by atoms with Gasteiger partial charge in [0.25, 0.3) is 5.91 Å². The van der Waals surface area contributed by atoms with E-state index in [1.165, 1.54) is 0 Å². The lowest BCUT2D eigenvalue weighted by Crippen LogP contribution is -2.49. The Morgan fingerprint density at radius 3 is 2.41 bits per heavy atom. The van der Waals surface area contributed by atoms with Crippen LogP contribution in [0.3, 0.4) is 0 Å². The van der Waals surface area contributed by atoms with Gasteiger partial charge in [-0.1, -0.05) is 12.1 Å². The monoisotopic (exact) mass is 439 g/mol. The molecule has 0 spiro atoms. The fourth-order valence-electron chi connectivity index (χ4n) is 2.78. The van der Waals surface area contributed by atoms with Crippen molar-refractivity contribution in [3.05, 3.63) is 34.3 Å². The maximum Gasteiger partial charge on any atom is 0.408 e. The summed E-state index contributed by atoms with van der Waals surface area (Å²) in [6.07, 6.45) is 0.731. The normalized spacial score (nSPS) is 15.2. The van der Waals surface area contributed by atoms with E-state index in [-0.39, 0.29) is 24.4 Å². The lowest BCUT2D eigenvalue weighted by Gasteiger charge is -2.32. The highest BCUT2D eigenvalue weighted by molar-refractivity contribution is 9.10. The lowest BCUT2D eigenvalue weighted by molar-refractivity contribution is -0.121. The first-order valence-corrected chi connectivity index (χ1v) is 9.75. The summed E-state index contributed by atoms with van der Waals surface area (Å²) in [5, 5.41) is 5.33. The van der Waals surface area contributed by atoms with Crippen LogP contribution in [-0.2, 0) is 9.53 Å². The zero-order valence-corrected chi connectivity index (χ0v) is 17.5. The van der Waals surface area contributed by atoms with Crippen molar-refractivity contribution in [2.24, 2.45) is 0 Å². The average Bonchev–Trinajstić information content (AvgIpc) is 2.59. The van der Waals surface area contributed by atoms with Crippen LogP contribution in [0.15, 0.2) is 28.7 Å². The number of carbonyl (C=O) groups excluding carboxylic acids is 3. The summed E-state index contributed by atoms with van der Waals surface area (Å²) < 4.78 is 5.87. The topological polar surface area (TPSA) is 87.7 Å². The van der Waals surface area contributed by atoms with E-state index in [1.54, 1.807) is 31.7 Å². The van der Waals surface area contributed by atoms with Crippen LogP contribution in [0.25, 0.3) is 0 Å². The highest BCUT2D eigenvalue weighted by Gasteiger charge is 2.25. The molecule has 8 heteroatoms. The van der Waals surface area contributed by atoms with Crippen molar-refractivity contribution in [1.82, 2.24) is 15.5 Å². The van der Waals surface area contributed by atoms with Crippen molar-refractivity contribution >= 4 is 33.8 Å². The van der Waals surface area contributed by atoms with E-state index in [4.69, 9.17) is 4.74 Å². The fourth-order valence-corrected chi connectivity index (χ4v) is 3.23. The van der Waals surface area contributed by atoms with Gasteiger partial charge in [0.1, 0.15) is 12.1 Å². The van der Waals surface area contributed by atoms with Gasteiger partial charge in [0.2, 0.25) is 5.91 Å². The van der Waals surface area contributed by atoms with Crippen LogP contribution in [0.1, 0.15) is 44.0 Å². The number of likely N-dealkylation sites (tertiary alicyclic amines) is 1. The molecular formula is C19H26BrN3O4. The molecule has 148 valence electrons. The summed E-state index contributed by atoms with van der Waals surface area (Å²) in [6.45, 7) is 6.29. The molecule has 1 fully saturated rings. The number of halogens is 1. The molecule has 1 aliphatic heterocycles. The van der Waals surface area contributed by atoms with Crippen molar-refractivity contribution in [1.29, 1.82) is 0 Å². The molecule has 0 aliphatic carbocycles. The van der Waals surface area contributed by atoms with Crippen molar-refractivity contribution < 1.29 is 19.1 Å². The minimum Gasteiger partial charge on any atom is -0.444 e. The third-order valence-corrected chi connectivity index (χ3v) is 4.74. The molecule has 0 aromatic heterocycles. The van der Waals surface area contributed by atoms with Gasteiger partial charge < -0.3 is 20.3 Å². The van der Waals surface area contributed by atoms with Gasteiger partial charge in [-0.2, -0.15) is 0 Å². The molecule has 1 aliphatic rings. The minimum atomic E-state index is -0.619. The van der Waals surface area contributed by atoms with Gasteiger partial charge >= 0.3 is 6.09 Å². The predicted octanol–water partition coefficient (Wildman–Crippen LogP) is 2.69. The number of hydrogen-bond acceptors (Lipinski definition) is 4. The van der Waals surface area contributed by atoms with Crippen LogP contribution < -0.4 is 10.6 Å². The highest BCUT2D eigenvalue weighted by Crippen LogP contribution is 2.20. The second kappa shape index (κ2) is 9.21. The Hall–Kier alpha value is -2.09. The third-order valence-electron chi connectivity index (χ3n) is 4.04. The number of hydrogen-bond donors (Lipinski definition) is 2. The van der Waals surface area contributed by atoms with Gasteiger partial charge in [-0.05, 0) is 61.7 Å². The van der Waals surface area contributed by atoms with E-state index in [0.29, 0.717) is 31.5 Å². The van der Waals surface area contributed by atoms with E-state index in [9.17, 15) is 14.4 Å². The Bertz CT molecular complexity index is 694. The quantitative estimate of drug-likeness (QED) is 0.754. The maximum absolute atomic E-state index is 12.6. The summed E-state index contributed by atoms with van der Waals surface area (Å²) in [5.41, 5.74) is 0.0368. The standard InChI is InChI=1S/C19H26BrN3O4/c1-19(2,3)27-18(26)21-12-16(24)22-13-8-10-23(11-9-13)17(25)14-6-4-5-7-15(14)20/h4-7,13H,8-12H2,1-3H3,(H,21,26)(H,22,24). The van der Waals surface area contributed by atoms with E-state index in [1.807, 2.05) is 18.2 Å². The first kappa shape index (κ1) is 21.2. The number of piperidine rings is 1. The van der Waals surface area contributed by atoms with E-state index < -0.39 is 11.7 Å². The van der Waals surface area contributed by atoms with E-state index in [0.717, 1.165) is 4.47 Å². The largest absolute Gasteiger partial charge is 0.444 e. The maximum atomic E-state index is 12.6. The molecule has 7 nitrogen and oxygen atoms in total. The van der Waals surface area contributed by atoms with Gasteiger partial charge in [-0.3, -0.25) is 9.59 Å². The number of alkyl carbamates (subject to hydrolysis) is 1. The molecule has 1 aromatic carbocycles. The number of benzene rings is 1. The zero-order chi connectivity index (χ0) is 20.0. The Labute approximate surface area is 167 Å². The Kier molecular flexibility index (Phi) is 7.24. The van der Waals surface area contributed by atoms with Gasteiger partial charge in [-0.25, -0.2) is 4.79 Å². The van der Waals surface area contributed by atoms with Crippen molar-refractivity contribution in [3.63, 3.8) is 0 Å². The number of ether oxygens (including phenoxy) is 1. The third kappa shape index (κ3) is 6.86. The highest BCUT2D eigenvalue weighted by atomic mass is 79.9. The summed E-state index contributed by atoms with van der Waals surface area (Å²) in [5.74, 6) is -0.282. The molecule has 0 radical (unpaired) electrons. The van der Waals surface area contributed by atoms with Crippen LogP contribution in [0.2, 0.25) is 0 Å². The molecule has 1 saturated heterocycles. The molecule has 2 N–H and O–H groups in total. The van der Waals surface area contributed by atoms with Crippen LogP contribution in [0, 0.1) is 0 Å². The first-order chi connectivity index (χ1) is 12.7. The first-order valence-electron chi connectivity index (χ1n) is 8.96. The second-order valence-corrected chi connectivity index (χ2v) is 8.32. The summed E-state index contributed by atoms with van der Waals surface area (Å²) in [4.78, 5) is 38.0. The minimum absolute atomic E-state index is 0.0128. The van der Waals surface area contributed by atoms with Gasteiger partial charge in [0.15, 0.2) is 0 Å². The predicted molar refractivity (Wildman–Crippen MR) is 105 cm³/mol. The molecule has 1 aromatic rings. The molecule has 0 saturated carbocycles. The Balaban J connectivity index is 1.74. The molecule has 3 amide bonds. The number of carbonyl (C=O) groups is 3. The fraction of sp³-hybridized carbons (Fsp3) is 0.526. The smallest absolute Gasteiger partial charge is 0.408 e. The van der Waals surface area contributed by atoms with Gasteiger partial charge in [0, 0.05) is 23.6 Å². The van der Waals surface area contributed by atoms with Crippen LogP contribution >= 0.6 is 15.9 Å². The summed E-state index contributed by atoms with van der Waals surface area (Å²) >= 11 is 3.41. The summed E-state index contributed by atoms with van der Waals surface area (Å²) in [7, 11) is 0. The van der Waals surface area contributed by atoms with Crippen molar-refractivity contribution in [3.8, 4) is 0 Å². The zero-order valence-electron chi connectivity index (χ0n) is 15.9.